The van der Waals surface area contributed by atoms with Gasteiger partial charge in [0, 0.05) is 12.3 Å². The van der Waals surface area contributed by atoms with Gasteiger partial charge in [-0.1, -0.05) is 13.8 Å². The van der Waals surface area contributed by atoms with Gasteiger partial charge < -0.3 is 39.4 Å². The third kappa shape index (κ3) is 3.87. The molecule has 6 rings (SSSR count). The number of hydrogen-bond donors (Lipinski definition) is 4. The molecule has 0 radical (unpaired) electrons. The van der Waals surface area contributed by atoms with Gasteiger partial charge in [0.2, 0.25) is 5.79 Å². The Balaban J connectivity index is 1.27. The minimum absolute atomic E-state index is 0.156. The van der Waals surface area contributed by atoms with E-state index >= 15 is 0 Å². The van der Waals surface area contributed by atoms with Crippen LogP contribution < -0.4 is 0 Å². The van der Waals surface area contributed by atoms with Crippen LogP contribution in [0, 0.1) is 23.7 Å². The van der Waals surface area contributed by atoms with Crippen molar-refractivity contribution in [2.24, 2.45) is 23.7 Å². The Morgan fingerprint density at radius 1 is 0.909 bits per heavy atom. The van der Waals surface area contributed by atoms with E-state index < -0.39 is 55.0 Å². The maximum atomic E-state index is 10.2. The van der Waals surface area contributed by atoms with Gasteiger partial charge in [0.25, 0.3) is 0 Å². The Labute approximate surface area is 194 Å². The smallest absolute Gasteiger partial charge is 0.201 e. The van der Waals surface area contributed by atoms with E-state index in [1.54, 1.807) is 0 Å². The van der Waals surface area contributed by atoms with Crippen molar-refractivity contribution in [3.63, 3.8) is 0 Å². The number of aliphatic hydroxyl groups excluding tert-OH is 4. The fourth-order valence-electron chi connectivity index (χ4n) is 6.81. The molecule has 0 aromatic rings. The van der Waals surface area contributed by atoms with Crippen LogP contribution >= 0.6 is 0 Å². The van der Waals surface area contributed by atoms with Crippen molar-refractivity contribution >= 4 is 0 Å². The monoisotopic (exact) mass is 474 g/mol. The zero-order chi connectivity index (χ0) is 23.5. The maximum Gasteiger partial charge on any atom is 0.201 e. The van der Waals surface area contributed by atoms with Crippen molar-refractivity contribution in [3.05, 3.63) is 0 Å². The van der Waals surface area contributed by atoms with Gasteiger partial charge in [-0.3, -0.25) is 0 Å². The summed E-state index contributed by atoms with van der Waals surface area (Å²) < 4.78 is 24.0. The summed E-state index contributed by atoms with van der Waals surface area (Å²) in [5.41, 5.74) is -0.609. The highest BCUT2D eigenvalue weighted by Crippen LogP contribution is 2.60. The van der Waals surface area contributed by atoms with Gasteiger partial charge in [-0.05, 0) is 50.4 Å². The molecule has 1 saturated carbocycles. The van der Waals surface area contributed by atoms with E-state index in [1.165, 1.54) is 0 Å². The molecule has 4 N–H and O–H groups in total. The van der Waals surface area contributed by atoms with Crippen molar-refractivity contribution in [3.8, 4) is 0 Å². The first kappa shape index (κ1) is 24.3. The average molecular weight is 475 g/mol. The molecule has 0 aromatic heterocycles. The molecular formula is C23H38O10. The van der Waals surface area contributed by atoms with E-state index in [2.05, 4.69) is 13.8 Å². The Kier molecular flexibility index (Phi) is 6.57. The minimum Gasteiger partial charge on any atom is -0.394 e. The van der Waals surface area contributed by atoms with Gasteiger partial charge in [0.15, 0.2) is 18.2 Å². The molecule has 6 aliphatic rings. The lowest BCUT2D eigenvalue weighted by Crippen LogP contribution is -2.70. The van der Waals surface area contributed by atoms with E-state index in [0.717, 1.165) is 25.7 Å². The van der Waals surface area contributed by atoms with Crippen LogP contribution in [-0.4, -0.2) is 88.1 Å². The standard InChI is InChI=1S/C23H38O10/c1-11-4-5-14-12(2)15(7-9-28-20-19(27)18(26)17(25)16(10-24)29-20)30-21-23(14)13(11)6-8-22(3,31-21)32-33-23/h11-21,24-27H,4-10H2,1-3H3/t11-,12-,13?,14+,15-,16-,17-,18+,19-,20-,21-,22+,23?/m1/s1. The van der Waals surface area contributed by atoms with Crippen molar-refractivity contribution in [2.45, 2.75) is 107 Å². The molecule has 0 aromatic carbocycles. The van der Waals surface area contributed by atoms with Crippen LogP contribution in [0.4, 0.5) is 0 Å². The normalized spacial score (nSPS) is 56.3. The predicted octanol–water partition coefficient (Wildman–Crippen LogP) is 0.444. The van der Waals surface area contributed by atoms with Crippen molar-refractivity contribution in [2.75, 3.05) is 13.2 Å². The van der Waals surface area contributed by atoms with Crippen LogP contribution in [0.15, 0.2) is 0 Å². The minimum atomic E-state index is -1.46. The van der Waals surface area contributed by atoms with Gasteiger partial charge >= 0.3 is 0 Å². The summed E-state index contributed by atoms with van der Waals surface area (Å²) in [5, 5.41) is 39.5. The van der Waals surface area contributed by atoms with Crippen LogP contribution in [0.25, 0.3) is 0 Å². The first-order valence-electron chi connectivity index (χ1n) is 12.3. The highest BCUT2D eigenvalue weighted by Gasteiger charge is 2.69. The van der Waals surface area contributed by atoms with Crippen LogP contribution in [-0.2, 0) is 28.7 Å². The van der Waals surface area contributed by atoms with E-state index in [1.807, 2.05) is 6.92 Å². The number of fused-ring (bicyclic) bond motifs is 2. The van der Waals surface area contributed by atoms with Crippen molar-refractivity contribution in [1.29, 1.82) is 0 Å². The molecule has 10 heteroatoms. The summed E-state index contributed by atoms with van der Waals surface area (Å²) in [5.74, 6) is 0.370. The van der Waals surface area contributed by atoms with Gasteiger partial charge in [0.1, 0.15) is 24.4 Å². The second-order valence-electron chi connectivity index (χ2n) is 10.8. The fourth-order valence-corrected chi connectivity index (χ4v) is 6.81. The van der Waals surface area contributed by atoms with E-state index in [0.29, 0.717) is 18.3 Å². The third-order valence-electron chi connectivity index (χ3n) is 8.83. The second kappa shape index (κ2) is 8.92. The summed E-state index contributed by atoms with van der Waals surface area (Å²) in [7, 11) is 0. The predicted molar refractivity (Wildman–Crippen MR) is 111 cm³/mol. The van der Waals surface area contributed by atoms with Gasteiger partial charge in [-0.25, -0.2) is 9.78 Å². The topological polar surface area (TPSA) is 136 Å². The van der Waals surface area contributed by atoms with Crippen LogP contribution in [0.5, 0.6) is 0 Å². The molecule has 0 amide bonds. The summed E-state index contributed by atoms with van der Waals surface area (Å²) >= 11 is 0. The van der Waals surface area contributed by atoms with Crippen molar-refractivity contribution in [1.82, 2.24) is 0 Å². The molecule has 6 fully saturated rings. The lowest BCUT2D eigenvalue weighted by atomic mass is 9.57. The van der Waals surface area contributed by atoms with Crippen LogP contribution in [0.2, 0.25) is 0 Å². The first-order chi connectivity index (χ1) is 15.7. The third-order valence-corrected chi connectivity index (χ3v) is 8.83. The number of rotatable bonds is 5. The number of hydrogen-bond acceptors (Lipinski definition) is 10. The fraction of sp³-hybridized carbons (Fsp3) is 1.00. The van der Waals surface area contributed by atoms with E-state index in [9.17, 15) is 20.4 Å². The summed E-state index contributed by atoms with van der Waals surface area (Å²) in [4.78, 5) is 12.0. The molecule has 10 nitrogen and oxygen atoms in total. The summed E-state index contributed by atoms with van der Waals surface area (Å²) in [6.45, 7) is 6.07. The molecule has 190 valence electrons. The lowest BCUT2D eigenvalue weighted by molar-refractivity contribution is -0.571. The van der Waals surface area contributed by atoms with E-state index in [-0.39, 0.29) is 24.5 Å². The molecule has 2 unspecified atom stereocenters. The molecule has 13 atom stereocenters. The number of aliphatic hydroxyl groups is 4. The molecule has 1 aliphatic carbocycles. The lowest BCUT2D eigenvalue weighted by Gasteiger charge is -2.60. The van der Waals surface area contributed by atoms with E-state index in [4.69, 9.17) is 28.7 Å². The largest absolute Gasteiger partial charge is 0.394 e. The molecule has 5 aliphatic heterocycles. The van der Waals surface area contributed by atoms with Crippen LogP contribution in [0.3, 0.4) is 0 Å². The molecule has 5 heterocycles. The summed E-state index contributed by atoms with van der Waals surface area (Å²) in [6.07, 6.45) is -2.70. The average Bonchev–Trinajstić information content (AvgIpc) is 3.03. The zero-order valence-corrected chi connectivity index (χ0v) is 19.5. The molecule has 2 bridgehead atoms. The zero-order valence-electron chi connectivity index (χ0n) is 19.5. The van der Waals surface area contributed by atoms with Gasteiger partial charge in [-0.2, -0.15) is 0 Å². The van der Waals surface area contributed by atoms with Gasteiger partial charge in [0.05, 0.1) is 19.3 Å². The Hall–Kier alpha value is -0.400. The molecule has 1 spiro atoms. The number of ether oxygens (including phenoxy) is 4. The summed E-state index contributed by atoms with van der Waals surface area (Å²) in [6, 6.07) is 0. The Morgan fingerprint density at radius 3 is 2.45 bits per heavy atom. The second-order valence-corrected chi connectivity index (χ2v) is 10.8. The van der Waals surface area contributed by atoms with Crippen LogP contribution in [0.1, 0.15) is 52.9 Å². The highest BCUT2D eigenvalue weighted by molar-refractivity contribution is 5.09. The van der Waals surface area contributed by atoms with Crippen molar-refractivity contribution < 1.29 is 49.1 Å². The maximum absolute atomic E-state index is 10.2. The highest BCUT2D eigenvalue weighted by atomic mass is 17.3. The SMILES string of the molecule is C[C@H]1[C@@H](CCO[C@@H]2O[C@H](CO)[C@@H](O)[C@H](O)[C@H]2O)O[C@@H]2O[C@]3(C)CCC4[C@H](C)CC[C@@H]1C42OO3. The Morgan fingerprint density at radius 2 is 1.70 bits per heavy atom. The molecular weight excluding hydrogens is 436 g/mol. The molecule has 5 saturated heterocycles. The van der Waals surface area contributed by atoms with Gasteiger partial charge in [-0.15, -0.1) is 0 Å². The molecule has 33 heavy (non-hydrogen) atoms. The Bertz CT molecular complexity index is 707. The quantitative estimate of drug-likeness (QED) is 0.416. The first-order valence-corrected chi connectivity index (χ1v) is 12.3.